The third kappa shape index (κ3) is 4.96. The van der Waals surface area contributed by atoms with Crippen LogP contribution in [0.4, 0.5) is 5.13 Å². The molecule has 0 saturated carbocycles. The van der Waals surface area contributed by atoms with Crippen LogP contribution in [0.5, 0.6) is 0 Å². The molecule has 0 fully saturated rings. The number of nitrogens with one attached hydrogen (secondary N) is 1. The molecule has 0 bridgehead atoms. The lowest BCUT2D eigenvalue weighted by Crippen LogP contribution is -2.30. The number of hydrogen-bond donors (Lipinski definition) is 2. The fraction of sp³-hybridized carbons (Fsp3) is 0.583. The predicted octanol–water partition coefficient (Wildman–Crippen LogP) is 1.20. The van der Waals surface area contributed by atoms with Gasteiger partial charge in [0, 0.05) is 18.7 Å². The lowest BCUT2D eigenvalue weighted by Gasteiger charge is -2.16. The van der Waals surface area contributed by atoms with Gasteiger partial charge in [0.2, 0.25) is 5.91 Å². The van der Waals surface area contributed by atoms with E-state index < -0.39 is 18.0 Å². The average Bonchev–Trinajstić information content (AvgIpc) is 2.72. The lowest BCUT2D eigenvalue weighted by atomic mass is 9.98. The molecule has 7 heteroatoms. The maximum Gasteiger partial charge on any atom is 0.311 e. The molecule has 0 aliphatic rings. The number of aliphatic hydroxyl groups excluding tert-OH is 1. The summed E-state index contributed by atoms with van der Waals surface area (Å²) in [5.74, 6) is -1.28. The third-order valence-corrected chi connectivity index (χ3v) is 3.24. The van der Waals surface area contributed by atoms with E-state index in [0.717, 1.165) is 0 Å². The summed E-state index contributed by atoms with van der Waals surface area (Å²) in [6, 6.07) is 0. The second kappa shape index (κ2) is 7.20. The molecule has 1 aromatic heterocycles. The van der Waals surface area contributed by atoms with Crippen LogP contribution >= 0.6 is 11.3 Å². The van der Waals surface area contributed by atoms with Gasteiger partial charge in [0.25, 0.3) is 0 Å². The quantitative estimate of drug-likeness (QED) is 0.767. The van der Waals surface area contributed by atoms with Gasteiger partial charge in [0.05, 0.1) is 24.3 Å². The first kappa shape index (κ1) is 15.6. The Balaban J connectivity index is 2.71. The van der Waals surface area contributed by atoms with Gasteiger partial charge in [0.15, 0.2) is 5.13 Å². The molecular formula is C12H18N2O4S. The molecule has 0 aromatic carbocycles. The molecule has 6 nitrogen and oxygen atoms in total. The number of nitrogens with zero attached hydrogens (tertiary/aromatic N) is 1. The molecule has 1 rings (SSSR count). The van der Waals surface area contributed by atoms with Gasteiger partial charge >= 0.3 is 5.97 Å². The predicted molar refractivity (Wildman–Crippen MR) is 71.9 cm³/mol. The summed E-state index contributed by atoms with van der Waals surface area (Å²) in [4.78, 5) is 26.8. The minimum atomic E-state index is -0.815. The molecule has 19 heavy (non-hydrogen) atoms. The van der Waals surface area contributed by atoms with E-state index in [1.165, 1.54) is 18.3 Å². The van der Waals surface area contributed by atoms with Crippen LogP contribution in [0.25, 0.3) is 0 Å². The van der Waals surface area contributed by atoms with Gasteiger partial charge in [-0.25, -0.2) is 4.98 Å². The number of aromatic nitrogens is 1. The number of carbonyl (C=O) groups excluding carboxylic acids is 2. The van der Waals surface area contributed by atoms with E-state index in [1.54, 1.807) is 19.2 Å². The normalized spacial score (nSPS) is 13.7. The molecule has 1 amide bonds. The summed E-state index contributed by atoms with van der Waals surface area (Å²) in [6.07, 6.45) is -0.531. The number of rotatable bonds is 6. The maximum absolute atomic E-state index is 11.7. The Morgan fingerprint density at radius 3 is 2.79 bits per heavy atom. The van der Waals surface area contributed by atoms with Crippen LogP contribution in [-0.4, -0.2) is 34.7 Å². The summed E-state index contributed by atoms with van der Waals surface area (Å²) >= 11 is 1.28. The van der Waals surface area contributed by atoms with Crippen molar-refractivity contribution < 1.29 is 19.4 Å². The third-order valence-electron chi connectivity index (χ3n) is 2.44. The number of amides is 1. The Kier molecular flexibility index (Phi) is 5.91. The number of aliphatic hydroxyl groups is 1. The highest BCUT2D eigenvalue weighted by Gasteiger charge is 2.26. The van der Waals surface area contributed by atoms with Crippen molar-refractivity contribution in [2.45, 2.75) is 33.3 Å². The van der Waals surface area contributed by atoms with Crippen LogP contribution in [0, 0.1) is 5.92 Å². The molecule has 0 aliphatic heterocycles. The fourth-order valence-electron chi connectivity index (χ4n) is 1.53. The summed E-state index contributed by atoms with van der Waals surface area (Å²) in [6.45, 7) is 4.94. The van der Waals surface area contributed by atoms with Crippen molar-refractivity contribution >= 4 is 28.3 Å². The van der Waals surface area contributed by atoms with Crippen LogP contribution in [0.2, 0.25) is 0 Å². The van der Waals surface area contributed by atoms with Crippen molar-refractivity contribution in [2.24, 2.45) is 5.92 Å². The first-order chi connectivity index (χ1) is 8.93. The summed E-state index contributed by atoms with van der Waals surface area (Å²) in [5, 5.41) is 14.4. The smallest absolute Gasteiger partial charge is 0.311 e. The van der Waals surface area contributed by atoms with Crippen molar-refractivity contribution in [1.29, 1.82) is 0 Å². The van der Waals surface area contributed by atoms with E-state index in [4.69, 9.17) is 4.74 Å². The Hall–Kier alpha value is -1.47. The molecule has 0 aliphatic carbocycles. The van der Waals surface area contributed by atoms with E-state index in [0.29, 0.717) is 10.8 Å². The van der Waals surface area contributed by atoms with Gasteiger partial charge in [-0.1, -0.05) is 0 Å². The van der Waals surface area contributed by atoms with Gasteiger partial charge in [0.1, 0.15) is 0 Å². The topological polar surface area (TPSA) is 88.5 Å². The van der Waals surface area contributed by atoms with Crippen molar-refractivity contribution in [3.05, 3.63) is 11.1 Å². The molecule has 0 radical (unpaired) electrons. The average molecular weight is 286 g/mol. The van der Waals surface area contributed by atoms with Crippen molar-refractivity contribution in [3.63, 3.8) is 0 Å². The highest BCUT2D eigenvalue weighted by atomic mass is 32.1. The van der Waals surface area contributed by atoms with Crippen molar-refractivity contribution in [1.82, 2.24) is 4.98 Å². The fourth-order valence-corrected chi connectivity index (χ4v) is 2.30. The number of esters is 1. The highest BCUT2D eigenvalue weighted by Crippen LogP contribution is 2.20. The monoisotopic (exact) mass is 286 g/mol. The molecule has 106 valence electrons. The Bertz CT molecular complexity index is 445. The first-order valence-corrected chi connectivity index (χ1v) is 6.88. The SMILES string of the molecule is CCOC(=O)C(Cc1csc(NC(C)=O)n1)C(C)O. The maximum atomic E-state index is 11.7. The largest absolute Gasteiger partial charge is 0.466 e. The summed E-state index contributed by atoms with van der Waals surface area (Å²) in [7, 11) is 0. The molecule has 2 unspecified atom stereocenters. The Morgan fingerprint density at radius 1 is 1.58 bits per heavy atom. The first-order valence-electron chi connectivity index (χ1n) is 6.00. The van der Waals surface area contributed by atoms with Crippen LogP contribution < -0.4 is 5.32 Å². The second-order valence-corrected chi connectivity index (χ2v) is 4.99. The van der Waals surface area contributed by atoms with E-state index >= 15 is 0 Å². The summed E-state index contributed by atoms with van der Waals surface area (Å²) < 4.78 is 4.92. The molecule has 1 aromatic rings. The van der Waals surface area contributed by atoms with Gasteiger partial charge in [-0.2, -0.15) is 0 Å². The summed E-state index contributed by atoms with van der Waals surface area (Å²) in [5.41, 5.74) is 0.646. The zero-order valence-electron chi connectivity index (χ0n) is 11.2. The minimum absolute atomic E-state index is 0.196. The lowest BCUT2D eigenvalue weighted by molar-refractivity contribution is -0.151. The van der Waals surface area contributed by atoms with Crippen LogP contribution in [0.15, 0.2) is 5.38 Å². The highest BCUT2D eigenvalue weighted by molar-refractivity contribution is 7.13. The number of thiazole rings is 1. The van der Waals surface area contributed by atoms with Crippen LogP contribution in [-0.2, 0) is 20.7 Å². The van der Waals surface area contributed by atoms with Gasteiger partial charge < -0.3 is 15.2 Å². The number of ether oxygens (including phenoxy) is 1. The Labute approximate surface area is 115 Å². The van der Waals surface area contributed by atoms with Crippen LogP contribution in [0.3, 0.4) is 0 Å². The van der Waals surface area contributed by atoms with E-state index in [-0.39, 0.29) is 18.9 Å². The van der Waals surface area contributed by atoms with Gasteiger partial charge in [-0.3, -0.25) is 9.59 Å². The van der Waals surface area contributed by atoms with E-state index in [2.05, 4.69) is 10.3 Å². The number of carbonyl (C=O) groups is 2. The molecule has 2 N–H and O–H groups in total. The zero-order valence-corrected chi connectivity index (χ0v) is 12.0. The standard InChI is InChI=1S/C12H18N2O4S/c1-4-18-11(17)10(7(2)15)5-9-6-19-12(14-9)13-8(3)16/h6-7,10,15H,4-5H2,1-3H3,(H,13,14,16). The van der Waals surface area contributed by atoms with Crippen molar-refractivity contribution in [2.75, 3.05) is 11.9 Å². The van der Waals surface area contributed by atoms with Gasteiger partial charge in [-0.15, -0.1) is 11.3 Å². The zero-order chi connectivity index (χ0) is 14.4. The number of hydrogen-bond acceptors (Lipinski definition) is 6. The molecular weight excluding hydrogens is 268 g/mol. The second-order valence-electron chi connectivity index (χ2n) is 4.13. The molecule has 0 spiro atoms. The van der Waals surface area contributed by atoms with E-state index in [1.807, 2.05) is 0 Å². The minimum Gasteiger partial charge on any atom is -0.466 e. The Morgan fingerprint density at radius 2 is 2.26 bits per heavy atom. The molecule has 2 atom stereocenters. The van der Waals surface area contributed by atoms with E-state index in [9.17, 15) is 14.7 Å². The number of anilines is 1. The van der Waals surface area contributed by atoms with Gasteiger partial charge in [-0.05, 0) is 13.8 Å². The molecule has 0 saturated heterocycles. The van der Waals surface area contributed by atoms with Crippen LogP contribution in [0.1, 0.15) is 26.5 Å². The van der Waals surface area contributed by atoms with Crippen molar-refractivity contribution in [3.8, 4) is 0 Å². The molecule has 1 heterocycles.